The highest BCUT2D eigenvalue weighted by molar-refractivity contribution is 7.80. The minimum atomic E-state index is -0.854. The van der Waals surface area contributed by atoms with Crippen LogP contribution in [0.5, 0.6) is 0 Å². The summed E-state index contributed by atoms with van der Waals surface area (Å²) in [5.41, 5.74) is 5.21. The molecule has 0 unspecified atom stereocenters. The van der Waals surface area contributed by atoms with E-state index >= 15 is 0 Å². The lowest BCUT2D eigenvalue weighted by Crippen LogP contribution is -2.41. The first-order chi connectivity index (χ1) is 20.0. The highest BCUT2D eigenvalue weighted by Crippen LogP contribution is 2.47. The van der Waals surface area contributed by atoms with Crippen molar-refractivity contribution >= 4 is 29.7 Å². The van der Waals surface area contributed by atoms with Crippen LogP contribution in [0.4, 0.5) is 0 Å². The molecule has 0 saturated heterocycles. The van der Waals surface area contributed by atoms with Gasteiger partial charge < -0.3 is 4.74 Å². The first-order valence-corrected chi connectivity index (χ1v) is 15.7. The average Bonchev–Trinajstić information content (AvgIpc) is 3.43. The van der Waals surface area contributed by atoms with Gasteiger partial charge in [-0.3, -0.25) is 0 Å². The summed E-state index contributed by atoms with van der Waals surface area (Å²) in [6.07, 6.45) is 0. The molecule has 5 aromatic carbocycles. The molecule has 1 aliphatic heterocycles. The molecule has 0 saturated carbocycles. The quantitative estimate of drug-likeness (QED) is 0.188. The molecule has 1 heterocycles. The van der Waals surface area contributed by atoms with Gasteiger partial charge in [0.2, 0.25) is 5.90 Å². The van der Waals surface area contributed by atoms with E-state index in [4.69, 9.17) is 9.73 Å². The van der Waals surface area contributed by atoms with Gasteiger partial charge in [0, 0.05) is 16.7 Å². The van der Waals surface area contributed by atoms with Gasteiger partial charge >= 0.3 is 0 Å². The Labute approximate surface area is 245 Å². The maximum Gasteiger partial charge on any atom is 0.218 e. The van der Waals surface area contributed by atoms with Crippen molar-refractivity contribution in [3.8, 4) is 0 Å². The number of hydrogen-bond donors (Lipinski definition) is 0. The Bertz CT molecular complexity index is 1590. The first-order valence-electron chi connectivity index (χ1n) is 14.4. The van der Waals surface area contributed by atoms with Gasteiger partial charge in [-0.2, -0.15) is 0 Å². The third-order valence-corrected chi connectivity index (χ3v) is 10.9. The first kappa shape index (κ1) is 27.2. The van der Waals surface area contributed by atoms with Crippen LogP contribution in [-0.4, -0.2) is 11.9 Å². The van der Waals surface area contributed by atoms with Crippen LogP contribution in [0.2, 0.25) is 0 Å². The number of aliphatic imine (C=N–C) groups is 1. The van der Waals surface area contributed by atoms with Gasteiger partial charge in [-0.25, -0.2) is 4.99 Å². The van der Waals surface area contributed by atoms with Crippen molar-refractivity contribution in [3.63, 3.8) is 0 Å². The third kappa shape index (κ3) is 4.92. The molecule has 1 aliphatic rings. The smallest absolute Gasteiger partial charge is 0.218 e. The van der Waals surface area contributed by atoms with E-state index in [9.17, 15) is 0 Å². The fourth-order valence-electron chi connectivity index (χ4n) is 6.06. The summed E-state index contributed by atoms with van der Waals surface area (Å²) in [5.74, 6) is 0.982. The predicted molar refractivity (Wildman–Crippen MR) is 175 cm³/mol. The molecule has 0 fully saturated rings. The molecular formula is C38H36NOP. The molecular weight excluding hydrogens is 517 g/mol. The van der Waals surface area contributed by atoms with Crippen LogP contribution >= 0.6 is 7.92 Å². The second-order valence-corrected chi connectivity index (χ2v) is 13.2. The van der Waals surface area contributed by atoms with Crippen LogP contribution in [0.25, 0.3) is 0 Å². The predicted octanol–water partition coefficient (Wildman–Crippen LogP) is 7.81. The van der Waals surface area contributed by atoms with Crippen LogP contribution in [0.1, 0.15) is 41.7 Å². The Hall–Kier alpha value is -4.00. The molecule has 0 bridgehead atoms. The van der Waals surface area contributed by atoms with Crippen molar-refractivity contribution in [1.82, 2.24) is 0 Å². The minimum absolute atomic E-state index is 0.0847. The maximum absolute atomic E-state index is 7.26. The zero-order chi connectivity index (χ0) is 28.4. The van der Waals surface area contributed by atoms with Crippen molar-refractivity contribution in [2.75, 3.05) is 0 Å². The van der Waals surface area contributed by atoms with Gasteiger partial charge in [0.05, 0.1) is 0 Å². The summed E-state index contributed by atoms with van der Waals surface area (Å²) in [6.45, 7) is 8.95. The van der Waals surface area contributed by atoms with Gasteiger partial charge in [0.15, 0.2) is 5.60 Å². The highest BCUT2D eigenvalue weighted by Gasteiger charge is 2.51. The van der Waals surface area contributed by atoms with Gasteiger partial charge in [-0.15, -0.1) is 0 Å². The van der Waals surface area contributed by atoms with E-state index < -0.39 is 13.5 Å². The molecule has 3 heteroatoms. The van der Waals surface area contributed by atoms with Gasteiger partial charge in [-0.1, -0.05) is 141 Å². The van der Waals surface area contributed by atoms with Gasteiger partial charge in [0.25, 0.3) is 0 Å². The summed E-state index contributed by atoms with van der Waals surface area (Å²) in [6, 6.07) is 47.5. The van der Waals surface area contributed by atoms with Gasteiger partial charge in [0.1, 0.15) is 6.04 Å². The second kappa shape index (κ2) is 11.5. The molecule has 0 amide bonds. The second-order valence-electron chi connectivity index (χ2n) is 11.1. The topological polar surface area (TPSA) is 21.6 Å². The van der Waals surface area contributed by atoms with Crippen LogP contribution < -0.4 is 15.9 Å². The summed E-state index contributed by atoms with van der Waals surface area (Å²) in [5, 5.41) is 3.99. The molecule has 0 spiro atoms. The van der Waals surface area contributed by atoms with Crippen LogP contribution in [0.15, 0.2) is 138 Å². The number of nitrogens with zero attached hydrogens (tertiary/aromatic N) is 1. The Balaban J connectivity index is 1.57. The van der Waals surface area contributed by atoms with E-state index in [2.05, 4.69) is 161 Å². The normalized spacial score (nSPS) is 16.0. The van der Waals surface area contributed by atoms with Crippen molar-refractivity contribution < 1.29 is 4.74 Å². The van der Waals surface area contributed by atoms with E-state index in [-0.39, 0.29) is 12.0 Å². The van der Waals surface area contributed by atoms with Crippen LogP contribution in [0, 0.1) is 19.8 Å². The largest absolute Gasteiger partial charge is 0.459 e. The van der Waals surface area contributed by atoms with E-state index in [0.717, 1.165) is 22.6 Å². The standard InChI is InChI=1S/C38H36NOP/c1-27(2)36-38(30-19-7-5-8-20-30,31-21-9-6-10-22-31)40-37(39-36)32-23-13-16-26-35(32)41(33-24-14-11-17-28(33)3)34-25-15-12-18-29(34)4/h5-27,36H,1-4H3/t36-/m0/s1. The van der Waals surface area contributed by atoms with E-state index in [0.29, 0.717) is 0 Å². The molecule has 5 aromatic rings. The minimum Gasteiger partial charge on any atom is -0.459 e. The zero-order valence-electron chi connectivity index (χ0n) is 24.2. The lowest BCUT2D eigenvalue weighted by molar-refractivity contribution is 0.0816. The van der Waals surface area contributed by atoms with E-state index in [1.54, 1.807) is 0 Å². The van der Waals surface area contributed by atoms with E-state index in [1.807, 2.05) is 0 Å². The van der Waals surface area contributed by atoms with Crippen LogP contribution in [-0.2, 0) is 10.3 Å². The number of hydrogen-bond acceptors (Lipinski definition) is 2. The molecule has 41 heavy (non-hydrogen) atoms. The Morgan fingerprint density at radius 2 is 1.02 bits per heavy atom. The number of ether oxygens (including phenoxy) is 1. The van der Waals surface area contributed by atoms with Crippen LogP contribution in [0.3, 0.4) is 0 Å². The SMILES string of the molecule is Cc1ccccc1P(c1ccccc1C)c1ccccc1C1=N[C@@H](C(C)C)C(c2ccccc2)(c2ccccc2)O1. The Kier molecular flexibility index (Phi) is 7.61. The molecule has 2 nitrogen and oxygen atoms in total. The Morgan fingerprint density at radius 3 is 1.51 bits per heavy atom. The maximum atomic E-state index is 7.26. The molecule has 0 radical (unpaired) electrons. The fraction of sp³-hybridized carbons (Fsp3) is 0.184. The zero-order valence-corrected chi connectivity index (χ0v) is 25.1. The van der Waals surface area contributed by atoms with Crippen molar-refractivity contribution in [3.05, 3.63) is 161 Å². The molecule has 1 atom stereocenters. The average molecular weight is 554 g/mol. The monoisotopic (exact) mass is 553 g/mol. The molecule has 0 aromatic heterocycles. The molecule has 6 rings (SSSR count). The number of benzene rings is 5. The summed E-state index contributed by atoms with van der Waals surface area (Å²) >= 11 is 0. The number of aryl methyl sites for hydroxylation is 2. The fourth-order valence-corrected chi connectivity index (χ4v) is 8.81. The number of rotatable bonds is 7. The lowest BCUT2D eigenvalue weighted by Gasteiger charge is -2.36. The third-order valence-electron chi connectivity index (χ3n) is 8.06. The highest BCUT2D eigenvalue weighted by atomic mass is 31.1. The summed E-state index contributed by atoms with van der Waals surface area (Å²) in [7, 11) is -0.854. The van der Waals surface area contributed by atoms with Crippen molar-refractivity contribution in [2.45, 2.75) is 39.3 Å². The molecule has 204 valence electrons. The van der Waals surface area contributed by atoms with E-state index in [1.165, 1.54) is 27.0 Å². The van der Waals surface area contributed by atoms with Gasteiger partial charge in [-0.05, 0) is 60.8 Å². The molecule has 0 N–H and O–H groups in total. The molecule has 0 aliphatic carbocycles. The van der Waals surface area contributed by atoms with Crippen molar-refractivity contribution in [1.29, 1.82) is 0 Å². The van der Waals surface area contributed by atoms with Crippen molar-refractivity contribution in [2.24, 2.45) is 10.9 Å². The summed E-state index contributed by atoms with van der Waals surface area (Å²) in [4.78, 5) is 5.44. The lowest BCUT2D eigenvalue weighted by atomic mass is 9.76. The Morgan fingerprint density at radius 1 is 0.585 bits per heavy atom. The summed E-state index contributed by atoms with van der Waals surface area (Å²) < 4.78 is 7.26.